The Labute approximate surface area is 125 Å². The van der Waals surface area contributed by atoms with E-state index < -0.39 is 0 Å². The van der Waals surface area contributed by atoms with Gasteiger partial charge in [-0.05, 0) is 45.9 Å². The number of hydrogen-bond acceptors (Lipinski definition) is 0. The molecule has 0 aliphatic heterocycles. The first-order valence-corrected chi connectivity index (χ1v) is 7.35. The maximum absolute atomic E-state index is 2.35. The molecular weight excluding hydrogens is 252 g/mol. The summed E-state index contributed by atoms with van der Waals surface area (Å²) in [6.45, 7) is 0. The van der Waals surface area contributed by atoms with Crippen molar-refractivity contribution >= 4 is 11.6 Å². The standard InChI is InChI=1S/C21H16/c1-3-8-16(9-4-1)19-14-18-12-7-13-20(21(18)15-19)17-10-5-2-6-11-17/h1-13,15H,14H2. The molecule has 100 valence electrons. The van der Waals surface area contributed by atoms with Gasteiger partial charge in [0.2, 0.25) is 0 Å². The van der Waals surface area contributed by atoms with E-state index in [0.29, 0.717) is 0 Å². The lowest BCUT2D eigenvalue weighted by Gasteiger charge is -2.07. The van der Waals surface area contributed by atoms with Crippen LogP contribution in [0, 0.1) is 0 Å². The van der Waals surface area contributed by atoms with Gasteiger partial charge in [-0.3, -0.25) is 0 Å². The molecule has 1 aliphatic carbocycles. The van der Waals surface area contributed by atoms with Gasteiger partial charge in [-0.2, -0.15) is 0 Å². The molecular formula is C21H16. The molecule has 0 N–H and O–H groups in total. The summed E-state index contributed by atoms with van der Waals surface area (Å²) in [5, 5.41) is 0. The van der Waals surface area contributed by atoms with Gasteiger partial charge in [-0.15, -0.1) is 0 Å². The van der Waals surface area contributed by atoms with Crippen molar-refractivity contribution in [3.05, 3.63) is 95.6 Å². The lowest BCUT2D eigenvalue weighted by Crippen LogP contribution is -1.87. The van der Waals surface area contributed by atoms with Gasteiger partial charge in [0.15, 0.2) is 0 Å². The molecule has 0 fully saturated rings. The van der Waals surface area contributed by atoms with Crippen LogP contribution in [0.15, 0.2) is 78.9 Å². The second-order valence-electron chi connectivity index (χ2n) is 5.46. The fourth-order valence-electron chi connectivity index (χ4n) is 3.08. The second kappa shape index (κ2) is 5.06. The minimum atomic E-state index is 1.03. The van der Waals surface area contributed by atoms with Crippen molar-refractivity contribution in [1.29, 1.82) is 0 Å². The maximum atomic E-state index is 2.35. The highest BCUT2D eigenvalue weighted by atomic mass is 14.2. The normalized spacial score (nSPS) is 12.9. The van der Waals surface area contributed by atoms with Gasteiger partial charge in [-0.25, -0.2) is 0 Å². The van der Waals surface area contributed by atoms with Crippen LogP contribution in [0.25, 0.3) is 22.8 Å². The first-order valence-electron chi connectivity index (χ1n) is 7.35. The monoisotopic (exact) mass is 268 g/mol. The Kier molecular flexibility index (Phi) is 2.93. The zero-order chi connectivity index (χ0) is 14.1. The fourth-order valence-corrected chi connectivity index (χ4v) is 3.08. The summed E-state index contributed by atoms with van der Waals surface area (Å²) in [5.41, 5.74) is 8.17. The third kappa shape index (κ3) is 2.19. The van der Waals surface area contributed by atoms with Crippen LogP contribution in [0.5, 0.6) is 0 Å². The Hall–Kier alpha value is -2.60. The smallest absolute Gasteiger partial charge is 0.00135 e. The van der Waals surface area contributed by atoms with Crippen molar-refractivity contribution in [3.8, 4) is 11.1 Å². The average Bonchev–Trinajstić information content (AvgIpc) is 3.00. The van der Waals surface area contributed by atoms with Crippen LogP contribution >= 0.6 is 0 Å². The van der Waals surface area contributed by atoms with E-state index >= 15 is 0 Å². The predicted molar refractivity (Wildman–Crippen MR) is 89.9 cm³/mol. The molecule has 3 aromatic carbocycles. The summed E-state index contributed by atoms with van der Waals surface area (Å²) in [6.07, 6.45) is 3.38. The molecule has 0 heterocycles. The molecule has 0 spiro atoms. The van der Waals surface area contributed by atoms with Crippen molar-refractivity contribution < 1.29 is 0 Å². The summed E-state index contributed by atoms with van der Waals surface area (Å²) in [4.78, 5) is 0. The van der Waals surface area contributed by atoms with Gasteiger partial charge < -0.3 is 0 Å². The zero-order valence-corrected chi connectivity index (χ0v) is 11.8. The van der Waals surface area contributed by atoms with Crippen LogP contribution in [0.1, 0.15) is 16.7 Å². The van der Waals surface area contributed by atoms with Crippen molar-refractivity contribution in [3.63, 3.8) is 0 Å². The van der Waals surface area contributed by atoms with Gasteiger partial charge in [0, 0.05) is 0 Å². The highest BCUT2D eigenvalue weighted by Crippen LogP contribution is 2.37. The molecule has 0 saturated carbocycles. The second-order valence-corrected chi connectivity index (χ2v) is 5.46. The summed E-state index contributed by atoms with van der Waals surface area (Å²) < 4.78 is 0. The Bertz CT molecular complexity index is 796. The number of allylic oxidation sites excluding steroid dienone is 1. The van der Waals surface area contributed by atoms with E-state index in [1.165, 1.54) is 33.4 Å². The molecule has 0 saturated heterocycles. The highest BCUT2D eigenvalue weighted by molar-refractivity contribution is 5.93. The molecule has 0 aromatic heterocycles. The van der Waals surface area contributed by atoms with E-state index in [-0.39, 0.29) is 0 Å². The molecule has 4 rings (SSSR count). The summed E-state index contributed by atoms with van der Waals surface area (Å²) >= 11 is 0. The third-order valence-electron chi connectivity index (χ3n) is 4.13. The minimum absolute atomic E-state index is 1.03. The maximum Gasteiger partial charge on any atom is -0.00135 e. The zero-order valence-electron chi connectivity index (χ0n) is 11.8. The quantitative estimate of drug-likeness (QED) is 0.579. The Morgan fingerprint density at radius 3 is 1.95 bits per heavy atom. The van der Waals surface area contributed by atoms with E-state index in [9.17, 15) is 0 Å². The van der Waals surface area contributed by atoms with E-state index in [2.05, 4.69) is 84.9 Å². The van der Waals surface area contributed by atoms with Crippen LogP contribution in [0.3, 0.4) is 0 Å². The molecule has 0 unspecified atom stereocenters. The van der Waals surface area contributed by atoms with Gasteiger partial charge in [0.1, 0.15) is 0 Å². The molecule has 1 aliphatic rings. The summed E-state index contributed by atoms with van der Waals surface area (Å²) in [7, 11) is 0. The van der Waals surface area contributed by atoms with Crippen LogP contribution in [0.4, 0.5) is 0 Å². The Balaban J connectivity index is 1.83. The molecule has 0 atom stereocenters. The topological polar surface area (TPSA) is 0 Å². The van der Waals surface area contributed by atoms with E-state index in [0.717, 1.165) is 6.42 Å². The SMILES string of the molecule is C1=C(c2ccccc2)Cc2cccc(-c3ccccc3)c21. The number of benzene rings is 3. The lowest BCUT2D eigenvalue weighted by molar-refractivity contribution is 1.32. The third-order valence-corrected chi connectivity index (χ3v) is 4.13. The van der Waals surface area contributed by atoms with E-state index in [4.69, 9.17) is 0 Å². The van der Waals surface area contributed by atoms with E-state index in [1.807, 2.05) is 0 Å². The van der Waals surface area contributed by atoms with Crippen molar-refractivity contribution in [1.82, 2.24) is 0 Å². The van der Waals surface area contributed by atoms with Crippen LogP contribution in [-0.4, -0.2) is 0 Å². The van der Waals surface area contributed by atoms with Crippen molar-refractivity contribution in [2.45, 2.75) is 6.42 Å². The molecule has 0 radical (unpaired) electrons. The first kappa shape index (κ1) is 12.2. The van der Waals surface area contributed by atoms with Crippen LogP contribution in [-0.2, 0) is 6.42 Å². The number of rotatable bonds is 2. The van der Waals surface area contributed by atoms with Crippen molar-refractivity contribution in [2.24, 2.45) is 0 Å². The molecule has 0 amide bonds. The van der Waals surface area contributed by atoms with Gasteiger partial charge in [0.25, 0.3) is 0 Å². The Morgan fingerprint density at radius 2 is 1.24 bits per heavy atom. The molecule has 3 aromatic rings. The molecule has 0 heteroatoms. The minimum Gasteiger partial charge on any atom is -0.0622 e. The number of fused-ring (bicyclic) bond motifs is 1. The molecule has 0 nitrogen and oxygen atoms in total. The van der Waals surface area contributed by atoms with Gasteiger partial charge in [0.05, 0.1) is 0 Å². The summed E-state index contributed by atoms with van der Waals surface area (Å²) in [5.74, 6) is 0. The largest absolute Gasteiger partial charge is 0.0622 e. The molecule has 21 heavy (non-hydrogen) atoms. The lowest BCUT2D eigenvalue weighted by atomic mass is 9.97. The van der Waals surface area contributed by atoms with Crippen LogP contribution in [0.2, 0.25) is 0 Å². The highest BCUT2D eigenvalue weighted by Gasteiger charge is 2.17. The predicted octanol–water partition coefficient (Wildman–Crippen LogP) is 5.45. The molecule has 0 bridgehead atoms. The summed E-state index contributed by atoms with van der Waals surface area (Å²) in [6, 6.07) is 28.0. The Morgan fingerprint density at radius 1 is 0.571 bits per heavy atom. The van der Waals surface area contributed by atoms with Crippen molar-refractivity contribution in [2.75, 3.05) is 0 Å². The number of hydrogen-bond donors (Lipinski definition) is 0. The van der Waals surface area contributed by atoms with Crippen LogP contribution < -0.4 is 0 Å². The van der Waals surface area contributed by atoms with E-state index in [1.54, 1.807) is 0 Å². The fraction of sp³-hybridized carbons (Fsp3) is 0.0476. The van der Waals surface area contributed by atoms with Gasteiger partial charge in [-0.1, -0.05) is 78.9 Å². The first-order chi connectivity index (χ1) is 10.4. The van der Waals surface area contributed by atoms with Gasteiger partial charge >= 0.3 is 0 Å². The average molecular weight is 268 g/mol.